The van der Waals surface area contributed by atoms with Crippen molar-refractivity contribution in [3.63, 3.8) is 0 Å². The van der Waals surface area contributed by atoms with Gasteiger partial charge in [0.05, 0.1) is 6.61 Å². The number of aliphatic hydroxyl groups excluding tert-OH is 1. The van der Waals surface area contributed by atoms with Crippen LogP contribution < -0.4 is 0 Å². The van der Waals surface area contributed by atoms with E-state index in [4.69, 9.17) is 23.7 Å². The van der Waals surface area contributed by atoms with Crippen molar-refractivity contribution in [1.29, 1.82) is 0 Å². The van der Waals surface area contributed by atoms with Crippen molar-refractivity contribution >= 4 is 0 Å². The summed E-state index contributed by atoms with van der Waals surface area (Å²) >= 11 is 0. The molecule has 0 unspecified atom stereocenters. The van der Waals surface area contributed by atoms with Crippen LogP contribution in [-0.4, -0.2) is 54.0 Å². The van der Waals surface area contributed by atoms with E-state index in [9.17, 15) is 5.11 Å². The Morgan fingerprint density at radius 3 is 2.33 bits per heavy atom. The molecule has 0 bridgehead atoms. The normalized spacial score (nSPS) is 49.5. The number of aliphatic hydroxyl groups is 1. The number of fused-ring (bicyclic) bond motifs is 1. The zero-order valence-electron chi connectivity index (χ0n) is 11.1. The van der Waals surface area contributed by atoms with Gasteiger partial charge in [-0.2, -0.15) is 0 Å². The van der Waals surface area contributed by atoms with Crippen LogP contribution in [0.4, 0.5) is 0 Å². The number of rotatable bonds is 0. The largest absolute Gasteiger partial charge is 0.385 e. The molecule has 4 atom stereocenters. The van der Waals surface area contributed by atoms with E-state index < -0.39 is 29.6 Å². The molecule has 0 aromatic rings. The lowest BCUT2D eigenvalue weighted by Crippen LogP contribution is -2.61. The smallest absolute Gasteiger partial charge is 0.224 e. The van der Waals surface area contributed by atoms with Crippen LogP contribution in [0.5, 0.6) is 0 Å². The van der Waals surface area contributed by atoms with Gasteiger partial charge in [-0.05, 0) is 27.7 Å². The van der Waals surface area contributed by atoms with Gasteiger partial charge in [0.2, 0.25) is 5.79 Å². The average Bonchev–Trinajstić information content (AvgIpc) is 2.71. The summed E-state index contributed by atoms with van der Waals surface area (Å²) in [5, 5.41) is 10.5. The van der Waals surface area contributed by atoms with E-state index in [2.05, 4.69) is 0 Å². The SMILES string of the molecule is CC1(C)O[C@@H]2[C@@H](CO[C@@]3(COC(C)(C)O3)[C@H]2O)O1. The van der Waals surface area contributed by atoms with Crippen LogP contribution in [0, 0.1) is 0 Å². The minimum Gasteiger partial charge on any atom is -0.385 e. The molecular weight excluding hydrogens is 240 g/mol. The van der Waals surface area contributed by atoms with Gasteiger partial charge >= 0.3 is 0 Å². The second-order valence-corrected chi connectivity index (χ2v) is 6.00. The van der Waals surface area contributed by atoms with Crippen molar-refractivity contribution in [3.05, 3.63) is 0 Å². The molecular formula is C12H20O6. The molecule has 0 aliphatic carbocycles. The Hall–Kier alpha value is -0.240. The summed E-state index contributed by atoms with van der Waals surface area (Å²) < 4.78 is 28.3. The maximum absolute atomic E-state index is 10.5. The van der Waals surface area contributed by atoms with Crippen molar-refractivity contribution in [2.24, 2.45) is 0 Å². The van der Waals surface area contributed by atoms with Gasteiger partial charge in [0.15, 0.2) is 11.6 Å². The number of hydrogen-bond acceptors (Lipinski definition) is 6. The van der Waals surface area contributed by atoms with Gasteiger partial charge < -0.3 is 28.8 Å². The quantitative estimate of drug-likeness (QED) is 0.679. The molecule has 0 aromatic carbocycles. The molecule has 1 N–H and O–H groups in total. The van der Waals surface area contributed by atoms with Crippen LogP contribution in [0.25, 0.3) is 0 Å². The van der Waals surface area contributed by atoms with Crippen LogP contribution in [-0.2, 0) is 23.7 Å². The molecule has 6 nitrogen and oxygen atoms in total. The summed E-state index contributed by atoms with van der Waals surface area (Å²) in [4.78, 5) is 0. The molecule has 0 aromatic heterocycles. The first-order valence-electron chi connectivity index (χ1n) is 6.25. The summed E-state index contributed by atoms with van der Waals surface area (Å²) in [6.45, 7) is 7.74. The molecule has 0 radical (unpaired) electrons. The van der Waals surface area contributed by atoms with E-state index in [0.29, 0.717) is 6.61 Å². The topological polar surface area (TPSA) is 66.4 Å². The molecule has 3 aliphatic rings. The van der Waals surface area contributed by atoms with E-state index in [1.807, 2.05) is 13.8 Å². The van der Waals surface area contributed by atoms with Crippen LogP contribution in [0.1, 0.15) is 27.7 Å². The van der Waals surface area contributed by atoms with Crippen molar-refractivity contribution in [2.75, 3.05) is 13.2 Å². The fourth-order valence-corrected chi connectivity index (χ4v) is 2.78. The van der Waals surface area contributed by atoms with Gasteiger partial charge in [0.1, 0.15) is 24.9 Å². The highest BCUT2D eigenvalue weighted by Gasteiger charge is 2.62. The summed E-state index contributed by atoms with van der Waals surface area (Å²) in [7, 11) is 0. The first-order chi connectivity index (χ1) is 8.23. The van der Waals surface area contributed by atoms with Gasteiger partial charge in [-0.1, -0.05) is 0 Å². The fraction of sp³-hybridized carbons (Fsp3) is 1.00. The lowest BCUT2D eigenvalue weighted by atomic mass is 9.97. The lowest BCUT2D eigenvalue weighted by Gasteiger charge is -2.41. The molecule has 3 rings (SSSR count). The molecule has 3 fully saturated rings. The second-order valence-electron chi connectivity index (χ2n) is 6.00. The zero-order chi connectivity index (χ0) is 13.2. The predicted octanol–water partition coefficient (Wildman–Crippen LogP) is 0.377. The summed E-state index contributed by atoms with van der Waals surface area (Å²) in [5.41, 5.74) is 0. The van der Waals surface area contributed by atoms with Crippen molar-refractivity contribution < 1.29 is 28.8 Å². The number of ether oxygens (including phenoxy) is 5. The average molecular weight is 260 g/mol. The standard InChI is InChI=1S/C12H20O6/c1-10(2)15-6-12(18-10)9(13)8-7(5-14-12)16-11(3,4)17-8/h7-9,13H,5-6H2,1-4H3/t7-,8-,9+,12-/m1/s1. The summed E-state index contributed by atoms with van der Waals surface area (Å²) in [5.74, 6) is -2.61. The highest BCUT2D eigenvalue weighted by atomic mass is 16.9. The predicted molar refractivity (Wildman–Crippen MR) is 59.6 cm³/mol. The molecule has 6 heteroatoms. The third kappa shape index (κ3) is 1.88. The first kappa shape index (κ1) is 12.8. The first-order valence-corrected chi connectivity index (χ1v) is 6.25. The van der Waals surface area contributed by atoms with Gasteiger partial charge in [-0.15, -0.1) is 0 Å². The van der Waals surface area contributed by atoms with Crippen molar-refractivity contribution in [3.8, 4) is 0 Å². The highest BCUT2D eigenvalue weighted by Crippen LogP contribution is 2.43. The van der Waals surface area contributed by atoms with Crippen LogP contribution in [0.3, 0.4) is 0 Å². The molecule has 0 saturated carbocycles. The van der Waals surface area contributed by atoms with Crippen LogP contribution in [0.15, 0.2) is 0 Å². The van der Waals surface area contributed by atoms with Crippen LogP contribution >= 0.6 is 0 Å². The molecule has 1 spiro atoms. The maximum atomic E-state index is 10.5. The second kappa shape index (κ2) is 3.65. The van der Waals surface area contributed by atoms with E-state index in [0.717, 1.165) is 0 Å². The maximum Gasteiger partial charge on any atom is 0.224 e. The minimum atomic E-state index is -1.14. The van der Waals surface area contributed by atoms with E-state index >= 15 is 0 Å². The Bertz CT molecular complexity index is 352. The van der Waals surface area contributed by atoms with Gasteiger partial charge in [0.25, 0.3) is 0 Å². The Morgan fingerprint density at radius 2 is 1.72 bits per heavy atom. The van der Waals surface area contributed by atoms with Crippen molar-refractivity contribution in [2.45, 2.75) is 63.4 Å². The Labute approximate surface area is 106 Å². The highest BCUT2D eigenvalue weighted by molar-refractivity contribution is 5.00. The minimum absolute atomic E-state index is 0.189. The Balaban J connectivity index is 1.82. The van der Waals surface area contributed by atoms with E-state index in [1.54, 1.807) is 13.8 Å². The molecule has 3 aliphatic heterocycles. The van der Waals surface area contributed by atoms with E-state index in [-0.39, 0.29) is 12.7 Å². The summed E-state index contributed by atoms with van der Waals surface area (Å²) in [6.07, 6.45) is -1.65. The zero-order valence-corrected chi connectivity index (χ0v) is 11.1. The summed E-state index contributed by atoms with van der Waals surface area (Å²) in [6, 6.07) is 0. The molecule has 104 valence electrons. The Kier molecular flexibility index (Phi) is 2.59. The van der Waals surface area contributed by atoms with Gasteiger partial charge in [0, 0.05) is 0 Å². The molecule has 18 heavy (non-hydrogen) atoms. The van der Waals surface area contributed by atoms with Crippen molar-refractivity contribution in [1.82, 2.24) is 0 Å². The fourth-order valence-electron chi connectivity index (χ4n) is 2.78. The van der Waals surface area contributed by atoms with Gasteiger partial charge in [-0.25, -0.2) is 0 Å². The van der Waals surface area contributed by atoms with Gasteiger partial charge in [-0.3, -0.25) is 0 Å². The lowest BCUT2D eigenvalue weighted by molar-refractivity contribution is -0.326. The third-order valence-electron chi connectivity index (χ3n) is 3.51. The van der Waals surface area contributed by atoms with E-state index in [1.165, 1.54) is 0 Å². The number of hydrogen-bond donors (Lipinski definition) is 1. The Morgan fingerprint density at radius 1 is 1.00 bits per heavy atom. The molecule has 3 saturated heterocycles. The molecule has 0 amide bonds. The van der Waals surface area contributed by atoms with Crippen LogP contribution in [0.2, 0.25) is 0 Å². The monoisotopic (exact) mass is 260 g/mol. The molecule has 3 heterocycles. The third-order valence-corrected chi connectivity index (χ3v) is 3.51.